The first-order chi connectivity index (χ1) is 43.1. The Morgan fingerprint density at radius 1 is 0.297 bits per heavy atom. The molecule has 0 aliphatic carbocycles. The minimum atomic E-state index is 0. The van der Waals surface area contributed by atoms with Gasteiger partial charge in [-0.05, 0) is 103 Å². The molecule has 0 fully saturated rings. The van der Waals surface area contributed by atoms with E-state index in [0.717, 1.165) is 56.4 Å². The van der Waals surface area contributed by atoms with E-state index in [1.54, 1.807) is 6.20 Å². The fourth-order valence-electron chi connectivity index (χ4n) is 7.99. The summed E-state index contributed by atoms with van der Waals surface area (Å²) in [6, 6.07) is 43.4. The van der Waals surface area contributed by atoms with Crippen molar-refractivity contribution in [2.24, 2.45) is 7.05 Å². The number of hydrogen-bond acceptors (Lipinski definition) is 10. The molecule has 4 aromatic carbocycles. The minimum absolute atomic E-state index is 0. The van der Waals surface area contributed by atoms with Crippen LogP contribution in [0.1, 0.15) is 258 Å². The van der Waals surface area contributed by atoms with Crippen molar-refractivity contribution in [2.75, 3.05) is 0 Å². The van der Waals surface area contributed by atoms with Crippen LogP contribution in [0.5, 0.6) is 0 Å². The van der Waals surface area contributed by atoms with Crippen LogP contribution in [0.2, 0.25) is 0 Å². The third-order valence-corrected chi connectivity index (χ3v) is 13.1. The van der Waals surface area contributed by atoms with Crippen LogP contribution >= 0.6 is 0 Å². The van der Waals surface area contributed by atoms with Crippen molar-refractivity contribution in [3.05, 3.63) is 228 Å². The predicted octanol–water partition coefficient (Wildman–Crippen LogP) is 23.2. The normalized spacial score (nSPS) is 10.0. The van der Waals surface area contributed by atoms with Gasteiger partial charge in [0.2, 0.25) is 0 Å². The molecule has 0 saturated carbocycles. The van der Waals surface area contributed by atoms with E-state index in [1.807, 2.05) is 161 Å². The summed E-state index contributed by atoms with van der Waals surface area (Å²) in [5.74, 6) is 6.33. The molecule has 7 heterocycles. The molecular weight excluding hydrogens is 1110 g/mol. The highest BCUT2D eigenvalue weighted by atomic mass is 15.1. The van der Waals surface area contributed by atoms with E-state index in [2.05, 4.69) is 238 Å². The molecule has 11 aromatic rings. The average Bonchev–Trinajstić information content (AvgIpc) is 1.79. The molecule has 0 aliphatic heterocycles. The van der Waals surface area contributed by atoms with Gasteiger partial charge in [0, 0.05) is 101 Å². The molecule has 0 amide bonds. The zero-order chi connectivity index (χ0) is 67.9. The van der Waals surface area contributed by atoms with Gasteiger partial charge in [-0.2, -0.15) is 0 Å². The van der Waals surface area contributed by atoms with Crippen LogP contribution in [0.3, 0.4) is 0 Å². The van der Waals surface area contributed by atoms with Gasteiger partial charge in [0.1, 0.15) is 17.5 Å². The molecule has 0 bridgehead atoms. The second-order valence-corrected chi connectivity index (χ2v) is 22.7. The molecular formula is C80H117N11. The van der Waals surface area contributed by atoms with Crippen LogP contribution in [-0.2, 0) is 7.05 Å². The zero-order valence-electron chi connectivity index (χ0n) is 60.1. The Balaban J connectivity index is 0.00000102. The van der Waals surface area contributed by atoms with Gasteiger partial charge < -0.3 is 4.57 Å². The Morgan fingerprint density at radius 3 is 1.21 bits per heavy atom. The summed E-state index contributed by atoms with van der Waals surface area (Å²) in [5.41, 5.74) is 12.3. The molecule has 0 saturated heterocycles. The molecule has 492 valence electrons. The van der Waals surface area contributed by atoms with Gasteiger partial charge in [-0.15, -0.1) is 0 Å². The summed E-state index contributed by atoms with van der Waals surface area (Å²) in [7, 11) is 2.07. The zero-order valence-corrected chi connectivity index (χ0v) is 60.1. The van der Waals surface area contributed by atoms with Gasteiger partial charge in [0.05, 0.1) is 33.5 Å². The number of imidazole rings is 1. The van der Waals surface area contributed by atoms with Crippen molar-refractivity contribution in [3.63, 3.8) is 0 Å². The van der Waals surface area contributed by atoms with Crippen molar-refractivity contribution < 1.29 is 0 Å². The lowest BCUT2D eigenvalue weighted by Crippen LogP contribution is -1.99. The van der Waals surface area contributed by atoms with Crippen LogP contribution in [0.25, 0.3) is 43.6 Å². The lowest BCUT2D eigenvalue weighted by Gasteiger charge is -2.04. The quantitative estimate of drug-likeness (QED) is 0.152. The smallest absolute Gasteiger partial charge is 0.131 e. The number of benzene rings is 4. The van der Waals surface area contributed by atoms with E-state index < -0.39 is 0 Å². The molecule has 0 N–H and O–H groups in total. The molecule has 91 heavy (non-hydrogen) atoms. The second kappa shape index (κ2) is 46.0. The third kappa shape index (κ3) is 29.5. The molecule has 7 aromatic heterocycles. The summed E-state index contributed by atoms with van der Waals surface area (Å²) in [6.45, 7) is 51.9. The van der Waals surface area contributed by atoms with Crippen LogP contribution in [0.15, 0.2) is 171 Å². The minimum Gasteiger partial charge on any atom is -0.331 e. The van der Waals surface area contributed by atoms with Gasteiger partial charge >= 0.3 is 0 Å². The SMILES string of the molecule is C.CC.CC.CC.CC.CC(C)c1cc2ccccc2cn1.CC(C)c1ccc2ccccc2n1.CC(C)c1nc2ccccc2n1C.CC(C)c1ncc2ccccc2n1.Cc1ccc(C(C)C)nc1.Cc1cnc(C(C)C)cn1.Cc1cnc(C(C)C)nc1. The summed E-state index contributed by atoms with van der Waals surface area (Å²) >= 11 is 0. The van der Waals surface area contributed by atoms with Crippen LogP contribution < -0.4 is 0 Å². The Morgan fingerprint density at radius 2 is 0.725 bits per heavy atom. The highest BCUT2D eigenvalue weighted by Gasteiger charge is 2.10. The maximum atomic E-state index is 4.57. The van der Waals surface area contributed by atoms with Crippen molar-refractivity contribution >= 4 is 43.6 Å². The predicted molar refractivity (Wildman–Crippen MR) is 397 cm³/mol. The standard InChI is InChI=1S/2C12H13N.C11H14N2.C11H12N2.C9H13N.2C8H12N2.4C2H6.CH4/c1-9(2)12-7-10-5-3-4-6-11(10)8-13-12;1-9(2)11-8-7-10-5-3-4-6-12(10)13-11;1-8(2)11-12-9-6-4-5-7-10(9)13(11)3;1-8(2)11-12-7-9-5-3-4-6-10(9)13-11;1-7(2)9-5-4-8(3)6-10-9;1-6(2)8-5-9-7(3)4-10-8;1-6(2)8-9-4-7(3)5-10-8;4*1-2;/h2*3-9H,1-2H3;4-8H,1-3H3;3-8H,1-2H3;4-7H,1-3H3;2*4-6H,1-3H3;4*1-2H3;1H4. The lowest BCUT2D eigenvalue weighted by molar-refractivity contribution is 0.722. The molecule has 0 unspecified atom stereocenters. The van der Waals surface area contributed by atoms with Crippen LogP contribution in [0, 0.1) is 20.8 Å². The number of hydrogen-bond donors (Lipinski definition) is 0. The molecule has 11 nitrogen and oxygen atoms in total. The summed E-state index contributed by atoms with van der Waals surface area (Å²) < 4.78 is 2.17. The van der Waals surface area contributed by atoms with E-state index in [4.69, 9.17) is 0 Å². The number of aromatic nitrogens is 11. The summed E-state index contributed by atoms with van der Waals surface area (Å²) in [6.07, 6.45) is 13.1. The van der Waals surface area contributed by atoms with Crippen LogP contribution in [-0.4, -0.2) is 54.4 Å². The first-order valence-electron chi connectivity index (χ1n) is 32.9. The second-order valence-electron chi connectivity index (χ2n) is 22.7. The fourth-order valence-corrected chi connectivity index (χ4v) is 7.99. The Hall–Kier alpha value is -8.18. The monoisotopic (exact) mass is 1230 g/mol. The number of para-hydroxylation sites is 4. The topological polar surface area (TPSA) is 134 Å². The van der Waals surface area contributed by atoms with Crippen molar-refractivity contribution in [1.29, 1.82) is 0 Å². The first-order valence-corrected chi connectivity index (χ1v) is 32.9. The maximum absolute atomic E-state index is 4.57. The van der Waals surface area contributed by atoms with E-state index in [0.29, 0.717) is 41.4 Å². The van der Waals surface area contributed by atoms with E-state index in [9.17, 15) is 0 Å². The Bertz CT molecular complexity index is 3300. The summed E-state index contributed by atoms with van der Waals surface area (Å²) in [5, 5.41) is 4.81. The fraction of sp³-hybridized carbons (Fsp3) is 0.425. The average molecular weight is 1230 g/mol. The van der Waals surface area contributed by atoms with Gasteiger partial charge in [0.15, 0.2) is 0 Å². The Labute approximate surface area is 552 Å². The van der Waals surface area contributed by atoms with E-state index >= 15 is 0 Å². The highest BCUT2D eigenvalue weighted by Crippen LogP contribution is 2.22. The maximum Gasteiger partial charge on any atom is 0.131 e. The molecule has 11 heteroatoms. The summed E-state index contributed by atoms with van der Waals surface area (Å²) in [4.78, 5) is 43.3. The Kier molecular flexibility index (Phi) is 41.8. The number of pyridine rings is 3. The first kappa shape index (κ1) is 82.8. The van der Waals surface area contributed by atoms with Crippen molar-refractivity contribution in [3.8, 4) is 0 Å². The lowest BCUT2D eigenvalue weighted by atomic mass is 10.1. The van der Waals surface area contributed by atoms with Crippen molar-refractivity contribution in [1.82, 2.24) is 54.4 Å². The highest BCUT2D eigenvalue weighted by molar-refractivity contribution is 5.82. The van der Waals surface area contributed by atoms with Crippen LogP contribution in [0.4, 0.5) is 0 Å². The molecule has 0 atom stereocenters. The molecule has 11 rings (SSSR count). The molecule has 0 aliphatic rings. The number of fused-ring (bicyclic) bond motifs is 4. The van der Waals surface area contributed by atoms with Gasteiger partial charge in [0.25, 0.3) is 0 Å². The third-order valence-electron chi connectivity index (χ3n) is 13.1. The van der Waals surface area contributed by atoms with E-state index in [1.165, 1.54) is 44.3 Å². The largest absolute Gasteiger partial charge is 0.331 e. The van der Waals surface area contributed by atoms with Gasteiger partial charge in [-0.3, -0.25) is 24.9 Å². The number of rotatable bonds is 7. The number of aryl methyl sites for hydroxylation is 4. The molecule has 0 radical (unpaired) electrons. The van der Waals surface area contributed by atoms with Gasteiger partial charge in [-0.1, -0.05) is 245 Å². The van der Waals surface area contributed by atoms with Crippen molar-refractivity contribution in [2.45, 2.75) is 222 Å². The van der Waals surface area contributed by atoms with E-state index in [-0.39, 0.29) is 7.43 Å². The number of nitrogens with zero attached hydrogens (tertiary/aromatic N) is 11. The van der Waals surface area contributed by atoms with Gasteiger partial charge in [-0.25, -0.2) is 24.9 Å². The molecule has 0 spiro atoms.